The van der Waals surface area contributed by atoms with Gasteiger partial charge in [0, 0.05) is 21.5 Å². The van der Waals surface area contributed by atoms with E-state index in [1.807, 2.05) is 17.0 Å². The lowest BCUT2D eigenvalue weighted by molar-refractivity contribution is 0.601. The van der Waals surface area contributed by atoms with Gasteiger partial charge < -0.3 is 4.90 Å². The predicted octanol–water partition coefficient (Wildman–Crippen LogP) is 4.41. The summed E-state index contributed by atoms with van der Waals surface area (Å²) in [7, 11) is -3.10. The summed E-state index contributed by atoms with van der Waals surface area (Å²) >= 11 is 13.6. The van der Waals surface area contributed by atoms with Crippen LogP contribution in [0.1, 0.15) is 5.56 Å². The molecule has 1 saturated heterocycles. The molecule has 2 aromatic rings. The zero-order valence-electron chi connectivity index (χ0n) is 14.0. The van der Waals surface area contributed by atoms with Crippen molar-refractivity contribution in [3.63, 3.8) is 0 Å². The summed E-state index contributed by atoms with van der Waals surface area (Å²) in [6.07, 6.45) is 0. The van der Waals surface area contributed by atoms with Crippen LogP contribution >= 0.6 is 35.0 Å². The van der Waals surface area contributed by atoms with Gasteiger partial charge >= 0.3 is 0 Å². The lowest BCUT2D eigenvalue weighted by Crippen LogP contribution is -2.39. The van der Waals surface area contributed by atoms with Crippen LogP contribution < -0.4 is 4.90 Å². The monoisotopic (exact) mass is 444 g/mol. The topological polar surface area (TPSA) is 49.7 Å². The second-order valence-electron chi connectivity index (χ2n) is 6.49. The van der Waals surface area contributed by atoms with E-state index in [9.17, 15) is 12.8 Å². The maximum Gasteiger partial charge on any atom is 0.164 e. The maximum atomic E-state index is 13.2. The largest absolute Gasteiger partial charge is 0.315 e. The van der Waals surface area contributed by atoms with Gasteiger partial charge in [-0.05, 0) is 42.0 Å². The van der Waals surface area contributed by atoms with Gasteiger partial charge in [-0.15, -0.1) is 0 Å². The van der Waals surface area contributed by atoms with Crippen LogP contribution in [0.2, 0.25) is 10.0 Å². The zero-order chi connectivity index (χ0) is 19.2. The molecule has 2 atom stereocenters. The zero-order valence-corrected chi connectivity index (χ0v) is 17.1. The second-order valence-corrected chi connectivity index (χ2v) is 10.4. The van der Waals surface area contributed by atoms with Crippen LogP contribution in [0.15, 0.2) is 47.5 Å². The Bertz CT molecular complexity index is 1010. The van der Waals surface area contributed by atoms with Crippen LogP contribution in [0, 0.1) is 5.82 Å². The van der Waals surface area contributed by atoms with Crippen LogP contribution in [0.4, 0.5) is 10.1 Å². The van der Waals surface area contributed by atoms with Gasteiger partial charge in [-0.25, -0.2) is 12.8 Å². The fourth-order valence-corrected chi connectivity index (χ4v) is 6.73. The van der Waals surface area contributed by atoms with E-state index in [4.69, 9.17) is 23.2 Å². The first-order valence-corrected chi connectivity index (χ1v) is 11.8. The van der Waals surface area contributed by atoms with Gasteiger partial charge in [-0.3, -0.25) is 4.99 Å². The molecule has 2 aliphatic heterocycles. The van der Waals surface area contributed by atoms with E-state index in [1.54, 1.807) is 18.2 Å². The quantitative estimate of drug-likeness (QED) is 0.703. The molecule has 0 aromatic heterocycles. The minimum Gasteiger partial charge on any atom is -0.315 e. The molecule has 2 heterocycles. The summed E-state index contributed by atoms with van der Waals surface area (Å²) < 4.78 is 37.4. The molecule has 0 N–H and O–H groups in total. The highest BCUT2D eigenvalue weighted by Gasteiger charge is 2.47. The van der Waals surface area contributed by atoms with Crippen LogP contribution in [0.5, 0.6) is 0 Å². The van der Waals surface area contributed by atoms with Gasteiger partial charge in [0.1, 0.15) is 5.82 Å². The van der Waals surface area contributed by atoms with Gasteiger partial charge in [-0.1, -0.05) is 41.0 Å². The summed E-state index contributed by atoms with van der Waals surface area (Å²) in [5.41, 5.74) is 1.65. The van der Waals surface area contributed by atoms with Crippen LogP contribution in [0.3, 0.4) is 0 Å². The number of nitrogens with zero attached hydrogens (tertiary/aromatic N) is 2. The number of benzene rings is 2. The highest BCUT2D eigenvalue weighted by atomic mass is 35.5. The highest BCUT2D eigenvalue weighted by Crippen LogP contribution is 2.36. The average Bonchev–Trinajstić information content (AvgIpc) is 3.06. The van der Waals surface area contributed by atoms with Crippen molar-refractivity contribution in [3.05, 3.63) is 63.9 Å². The van der Waals surface area contributed by atoms with Crippen molar-refractivity contribution >= 4 is 55.7 Å². The van der Waals surface area contributed by atoms with E-state index in [2.05, 4.69) is 4.99 Å². The predicted molar refractivity (Wildman–Crippen MR) is 110 cm³/mol. The van der Waals surface area contributed by atoms with Crippen LogP contribution in [-0.4, -0.2) is 37.2 Å². The number of halogens is 3. The Morgan fingerprint density at radius 3 is 2.59 bits per heavy atom. The Morgan fingerprint density at radius 2 is 1.89 bits per heavy atom. The molecular formula is C18H15Cl2FN2O2S2. The first kappa shape index (κ1) is 19.1. The van der Waals surface area contributed by atoms with Gasteiger partial charge in [-0.2, -0.15) is 0 Å². The Balaban J connectivity index is 1.61. The summed E-state index contributed by atoms with van der Waals surface area (Å²) in [6.45, 7) is 0. The van der Waals surface area contributed by atoms with Crippen molar-refractivity contribution in [2.75, 3.05) is 16.4 Å². The van der Waals surface area contributed by atoms with E-state index in [1.165, 1.54) is 23.9 Å². The van der Waals surface area contributed by atoms with E-state index in [0.29, 0.717) is 15.8 Å². The first-order valence-electron chi connectivity index (χ1n) is 8.22. The first-order chi connectivity index (χ1) is 12.8. The van der Waals surface area contributed by atoms with Gasteiger partial charge in [0.25, 0.3) is 0 Å². The molecule has 0 aliphatic carbocycles. The van der Waals surface area contributed by atoms with Crippen molar-refractivity contribution in [1.29, 1.82) is 0 Å². The normalized spacial score (nSPS) is 23.4. The minimum atomic E-state index is -3.10. The number of aliphatic imine (C=N–C) groups is 1. The van der Waals surface area contributed by atoms with E-state index < -0.39 is 9.84 Å². The molecule has 1 fully saturated rings. The number of hydrogen-bond donors (Lipinski definition) is 0. The fraction of sp³-hybridized carbons (Fsp3) is 0.278. The van der Waals surface area contributed by atoms with Crippen molar-refractivity contribution in [2.45, 2.75) is 17.8 Å². The molecule has 142 valence electrons. The van der Waals surface area contributed by atoms with Crippen molar-refractivity contribution < 1.29 is 12.8 Å². The molecule has 27 heavy (non-hydrogen) atoms. The molecule has 2 aliphatic rings. The highest BCUT2D eigenvalue weighted by molar-refractivity contribution is 8.13. The van der Waals surface area contributed by atoms with E-state index in [0.717, 1.165) is 16.4 Å². The van der Waals surface area contributed by atoms with Crippen molar-refractivity contribution in [3.8, 4) is 0 Å². The fourth-order valence-electron chi connectivity index (χ4n) is 3.32. The Labute approximate surface area is 171 Å². The lowest BCUT2D eigenvalue weighted by atomic mass is 10.1. The smallest absolute Gasteiger partial charge is 0.164 e. The van der Waals surface area contributed by atoms with Gasteiger partial charge in [0.05, 0.1) is 23.6 Å². The van der Waals surface area contributed by atoms with Gasteiger partial charge in [0.2, 0.25) is 0 Å². The Kier molecular flexibility index (Phi) is 5.14. The molecule has 0 saturated carbocycles. The SMILES string of the molecule is O=S1(=O)C[C@@H]2N=C(SCc3ccc(F)cc3Cl)N(c3ccc(Cl)cc3)[C@@H]2C1. The van der Waals surface area contributed by atoms with Crippen LogP contribution in [0.25, 0.3) is 0 Å². The molecule has 9 heteroatoms. The molecule has 0 spiro atoms. The number of amidine groups is 1. The van der Waals surface area contributed by atoms with E-state index >= 15 is 0 Å². The van der Waals surface area contributed by atoms with Crippen molar-refractivity contribution in [1.82, 2.24) is 0 Å². The number of thioether (sulfide) groups is 1. The third kappa shape index (κ3) is 3.97. The third-order valence-corrected chi connectivity index (χ3v) is 7.90. The molecule has 0 bridgehead atoms. The number of rotatable bonds is 3. The maximum absolute atomic E-state index is 13.2. The molecule has 2 aromatic carbocycles. The molecule has 0 unspecified atom stereocenters. The molecule has 4 nitrogen and oxygen atoms in total. The van der Waals surface area contributed by atoms with Crippen molar-refractivity contribution in [2.24, 2.45) is 4.99 Å². The molecule has 0 amide bonds. The molecule has 4 rings (SSSR count). The average molecular weight is 445 g/mol. The third-order valence-electron chi connectivity index (χ3n) is 4.58. The van der Waals surface area contributed by atoms with Gasteiger partial charge in [0.15, 0.2) is 15.0 Å². The summed E-state index contributed by atoms with van der Waals surface area (Å²) in [4.78, 5) is 6.63. The second kappa shape index (κ2) is 7.28. The standard InChI is InChI=1S/C18H15Cl2FN2O2S2/c19-12-2-5-14(6-3-12)23-17-10-27(24,25)9-16(17)22-18(23)26-8-11-1-4-13(21)7-15(11)20/h1-7,16-17H,8-10H2/t16-,17+/m0/s1. The minimum absolute atomic E-state index is 0.0587. The van der Waals surface area contributed by atoms with E-state index in [-0.39, 0.29) is 29.4 Å². The molecular weight excluding hydrogens is 430 g/mol. The summed E-state index contributed by atoms with van der Waals surface area (Å²) in [5.74, 6) is 0.261. The number of sulfone groups is 1. The summed E-state index contributed by atoms with van der Waals surface area (Å²) in [5, 5.41) is 1.71. The lowest BCUT2D eigenvalue weighted by Gasteiger charge is -2.26. The summed E-state index contributed by atoms with van der Waals surface area (Å²) in [6, 6.07) is 11.1. The number of anilines is 1. The molecule has 0 radical (unpaired) electrons. The number of fused-ring (bicyclic) bond motifs is 1. The van der Waals surface area contributed by atoms with Crippen LogP contribution in [-0.2, 0) is 15.6 Å². The Hall–Kier alpha value is -1.28. The Morgan fingerprint density at radius 1 is 1.15 bits per heavy atom. The number of hydrogen-bond acceptors (Lipinski definition) is 5.